The molecule has 0 aliphatic carbocycles. The lowest BCUT2D eigenvalue weighted by atomic mass is 10.1. The molecule has 0 aliphatic heterocycles. The van der Waals surface area contributed by atoms with Gasteiger partial charge in [0.2, 0.25) is 0 Å². The van der Waals surface area contributed by atoms with Crippen LogP contribution in [0.1, 0.15) is 50.7 Å². The molecule has 148 valence electrons. The number of nitrogens with one attached hydrogen (secondary N) is 1. The molecule has 0 aliphatic rings. The smallest absolute Gasteiger partial charge is 0.114 e. The van der Waals surface area contributed by atoms with Crippen LogP contribution in [-0.2, 0) is 22.3 Å². The van der Waals surface area contributed by atoms with E-state index in [1.54, 1.807) is 0 Å². The third kappa shape index (κ3) is 9.18. The number of hydrogen-bond donors (Lipinski definition) is 1. The Bertz CT molecular complexity index is 534. The molecule has 0 saturated carbocycles. The van der Waals surface area contributed by atoms with Gasteiger partial charge in [-0.3, -0.25) is 5.32 Å². The topological polar surface area (TPSA) is 30.5 Å². The minimum Gasteiger partial charge on any atom is -0.363 e. The normalized spacial score (nSPS) is 13.4. The van der Waals surface area contributed by atoms with Gasteiger partial charge >= 0.3 is 0 Å². The summed E-state index contributed by atoms with van der Waals surface area (Å²) in [6, 6.07) is 21.0. The van der Waals surface area contributed by atoms with E-state index in [0.717, 1.165) is 51.7 Å². The molecule has 1 N–H and O–H groups in total. The minimum absolute atomic E-state index is 0.0470. The van der Waals surface area contributed by atoms with Crippen molar-refractivity contribution >= 4 is 0 Å². The summed E-state index contributed by atoms with van der Waals surface area (Å²) in [7, 11) is 0. The Kier molecular flexibility index (Phi) is 10.8. The molecule has 0 saturated heterocycles. The third-order valence-corrected chi connectivity index (χ3v) is 4.53. The zero-order valence-corrected chi connectivity index (χ0v) is 16.9. The molecule has 0 spiro atoms. The highest BCUT2D eigenvalue weighted by molar-refractivity contribution is 5.16. The molecule has 0 fully saturated rings. The monoisotopic (exact) mass is 369 g/mol. The van der Waals surface area contributed by atoms with E-state index in [9.17, 15) is 0 Å². The Morgan fingerprint density at radius 2 is 1.07 bits per heavy atom. The first-order chi connectivity index (χ1) is 13.3. The molecule has 0 amide bonds. The van der Waals surface area contributed by atoms with Crippen LogP contribution in [0.4, 0.5) is 0 Å². The van der Waals surface area contributed by atoms with Crippen LogP contribution in [0.3, 0.4) is 0 Å². The highest BCUT2D eigenvalue weighted by atomic mass is 16.5. The highest BCUT2D eigenvalue weighted by Gasteiger charge is 2.17. The van der Waals surface area contributed by atoms with Crippen molar-refractivity contribution in [3.8, 4) is 0 Å². The van der Waals surface area contributed by atoms with Crippen LogP contribution in [0, 0.1) is 0 Å². The fraction of sp³-hybridized carbons (Fsp3) is 0.500. The number of rotatable bonds is 14. The van der Waals surface area contributed by atoms with Crippen molar-refractivity contribution in [2.75, 3.05) is 13.2 Å². The van der Waals surface area contributed by atoms with Crippen molar-refractivity contribution in [3.05, 3.63) is 71.8 Å². The van der Waals surface area contributed by atoms with Crippen LogP contribution in [0.25, 0.3) is 0 Å². The van der Waals surface area contributed by atoms with E-state index >= 15 is 0 Å². The van der Waals surface area contributed by atoms with Gasteiger partial charge < -0.3 is 9.47 Å². The Morgan fingerprint density at radius 3 is 1.44 bits per heavy atom. The van der Waals surface area contributed by atoms with Gasteiger partial charge in [-0.2, -0.15) is 0 Å². The summed E-state index contributed by atoms with van der Waals surface area (Å²) in [5.41, 5.74) is 2.55. The summed E-state index contributed by atoms with van der Waals surface area (Å²) in [4.78, 5) is 0. The van der Waals surface area contributed by atoms with Crippen molar-refractivity contribution in [1.82, 2.24) is 5.32 Å². The Balaban J connectivity index is 2.01. The van der Waals surface area contributed by atoms with E-state index in [4.69, 9.17) is 9.47 Å². The lowest BCUT2D eigenvalue weighted by Crippen LogP contribution is -2.44. The molecule has 2 atom stereocenters. The molecule has 2 rings (SSSR count). The maximum atomic E-state index is 6.17. The Morgan fingerprint density at radius 1 is 0.667 bits per heavy atom. The molecule has 0 radical (unpaired) electrons. The molecule has 3 heteroatoms. The van der Waals surface area contributed by atoms with Gasteiger partial charge in [0, 0.05) is 26.1 Å². The second-order valence-electron chi connectivity index (χ2n) is 6.97. The van der Waals surface area contributed by atoms with Crippen molar-refractivity contribution in [2.45, 2.75) is 64.8 Å². The Labute approximate surface area is 165 Å². The first-order valence-corrected chi connectivity index (χ1v) is 10.4. The maximum absolute atomic E-state index is 6.17. The van der Waals surface area contributed by atoms with Crippen LogP contribution < -0.4 is 5.32 Å². The van der Waals surface area contributed by atoms with Gasteiger partial charge in [-0.05, 0) is 24.0 Å². The third-order valence-electron chi connectivity index (χ3n) is 4.53. The summed E-state index contributed by atoms with van der Waals surface area (Å²) in [6.45, 7) is 5.92. The maximum Gasteiger partial charge on any atom is 0.114 e. The second kappa shape index (κ2) is 13.5. The molecule has 0 bridgehead atoms. The van der Waals surface area contributed by atoms with Crippen LogP contribution in [0.15, 0.2) is 60.7 Å². The van der Waals surface area contributed by atoms with E-state index < -0.39 is 0 Å². The molecular formula is C24H35NO2. The van der Waals surface area contributed by atoms with Gasteiger partial charge in [0.05, 0.1) is 0 Å². The van der Waals surface area contributed by atoms with Gasteiger partial charge in [-0.1, -0.05) is 87.4 Å². The lowest BCUT2D eigenvalue weighted by Gasteiger charge is -2.27. The average Bonchev–Trinajstić information content (AvgIpc) is 2.70. The van der Waals surface area contributed by atoms with Crippen LogP contribution in [0.5, 0.6) is 0 Å². The SMILES string of the molecule is CCCCOC(Cc1ccccc1)NC(Cc1ccccc1)OCCCC. The number of unbranched alkanes of at least 4 members (excludes halogenated alkanes) is 2. The second-order valence-corrected chi connectivity index (χ2v) is 6.97. The predicted octanol–water partition coefficient (Wildman–Crippen LogP) is 5.35. The van der Waals surface area contributed by atoms with E-state index in [1.807, 2.05) is 0 Å². The molecule has 2 aromatic carbocycles. The minimum atomic E-state index is -0.0470. The van der Waals surface area contributed by atoms with Gasteiger partial charge in [-0.25, -0.2) is 0 Å². The quantitative estimate of drug-likeness (QED) is 0.360. The van der Waals surface area contributed by atoms with Gasteiger partial charge in [-0.15, -0.1) is 0 Å². The van der Waals surface area contributed by atoms with Gasteiger partial charge in [0.15, 0.2) is 0 Å². The zero-order chi connectivity index (χ0) is 19.2. The summed E-state index contributed by atoms with van der Waals surface area (Å²) in [6.07, 6.45) is 6.01. The Hall–Kier alpha value is -1.68. The van der Waals surface area contributed by atoms with Crippen molar-refractivity contribution < 1.29 is 9.47 Å². The summed E-state index contributed by atoms with van der Waals surface area (Å²) >= 11 is 0. The number of benzene rings is 2. The van der Waals surface area contributed by atoms with Crippen molar-refractivity contribution in [1.29, 1.82) is 0 Å². The van der Waals surface area contributed by atoms with E-state index in [-0.39, 0.29) is 12.5 Å². The van der Waals surface area contributed by atoms with Crippen molar-refractivity contribution in [2.24, 2.45) is 0 Å². The molecule has 2 unspecified atom stereocenters. The summed E-state index contributed by atoms with van der Waals surface area (Å²) in [5, 5.41) is 3.62. The molecular weight excluding hydrogens is 334 g/mol. The first-order valence-electron chi connectivity index (χ1n) is 10.4. The van der Waals surface area contributed by atoms with E-state index in [0.29, 0.717) is 0 Å². The molecule has 0 heterocycles. The van der Waals surface area contributed by atoms with E-state index in [1.165, 1.54) is 11.1 Å². The summed E-state index contributed by atoms with van der Waals surface area (Å²) in [5.74, 6) is 0. The fourth-order valence-electron chi connectivity index (χ4n) is 2.94. The standard InChI is InChI=1S/C24H35NO2/c1-3-5-17-26-23(19-21-13-9-7-10-14-21)25-24(27-18-6-4-2)20-22-15-11-8-12-16-22/h7-16,23-25H,3-6,17-20H2,1-2H3. The van der Waals surface area contributed by atoms with Crippen LogP contribution >= 0.6 is 0 Å². The molecule has 0 aromatic heterocycles. The molecule has 2 aromatic rings. The van der Waals surface area contributed by atoms with Crippen molar-refractivity contribution in [3.63, 3.8) is 0 Å². The molecule has 27 heavy (non-hydrogen) atoms. The average molecular weight is 370 g/mol. The first kappa shape index (κ1) is 21.6. The lowest BCUT2D eigenvalue weighted by molar-refractivity contribution is -0.0459. The zero-order valence-electron chi connectivity index (χ0n) is 16.9. The molecule has 3 nitrogen and oxygen atoms in total. The largest absolute Gasteiger partial charge is 0.363 e. The number of ether oxygens (including phenoxy) is 2. The number of hydrogen-bond acceptors (Lipinski definition) is 3. The van der Waals surface area contributed by atoms with Gasteiger partial charge in [0.25, 0.3) is 0 Å². The van der Waals surface area contributed by atoms with Crippen LogP contribution in [0.2, 0.25) is 0 Å². The highest BCUT2D eigenvalue weighted by Crippen LogP contribution is 2.10. The van der Waals surface area contributed by atoms with Crippen LogP contribution in [-0.4, -0.2) is 25.7 Å². The predicted molar refractivity (Wildman–Crippen MR) is 113 cm³/mol. The van der Waals surface area contributed by atoms with Gasteiger partial charge in [0.1, 0.15) is 12.5 Å². The fourth-order valence-corrected chi connectivity index (χ4v) is 2.94. The van der Waals surface area contributed by atoms with E-state index in [2.05, 4.69) is 79.8 Å². The summed E-state index contributed by atoms with van der Waals surface area (Å²) < 4.78 is 12.3.